The van der Waals surface area contributed by atoms with E-state index >= 15 is 0 Å². The Morgan fingerprint density at radius 2 is 2.00 bits per heavy atom. The van der Waals surface area contributed by atoms with E-state index in [1.807, 2.05) is 11.3 Å². The largest absolute Gasteiger partial charge is 0.393 e. The maximum Gasteiger partial charge on any atom is 0.0541 e. The highest BCUT2D eigenvalue weighted by atomic mass is 32.1. The number of hydrogen-bond acceptors (Lipinski definition) is 3. The first-order valence-electron chi connectivity index (χ1n) is 6.15. The summed E-state index contributed by atoms with van der Waals surface area (Å²) in [6.07, 6.45) is 4.06. The Labute approximate surface area is 102 Å². The highest BCUT2D eigenvalue weighted by Gasteiger charge is 2.21. The highest BCUT2D eigenvalue weighted by Crippen LogP contribution is 2.25. The van der Waals surface area contributed by atoms with Crippen molar-refractivity contribution in [3.63, 3.8) is 0 Å². The van der Waals surface area contributed by atoms with Crippen LogP contribution in [0.4, 0.5) is 0 Å². The predicted octanol–water partition coefficient (Wildman–Crippen LogP) is 3.01. The summed E-state index contributed by atoms with van der Waals surface area (Å²) in [5.74, 6) is 0. The first kappa shape index (κ1) is 12.1. The highest BCUT2D eigenvalue weighted by molar-refractivity contribution is 7.12. The molecule has 0 amide bonds. The minimum atomic E-state index is -0.0580. The second kappa shape index (κ2) is 5.30. The van der Waals surface area contributed by atoms with Gasteiger partial charge in [-0.25, -0.2) is 0 Å². The van der Waals surface area contributed by atoms with Crippen molar-refractivity contribution in [2.45, 2.75) is 57.7 Å². The maximum absolute atomic E-state index is 9.46. The summed E-state index contributed by atoms with van der Waals surface area (Å²) in [6.45, 7) is 4.38. The van der Waals surface area contributed by atoms with Gasteiger partial charge in [-0.05, 0) is 51.7 Å². The molecule has 1 saturated carbocycles. The molecule has 1 heterocycles. The summed E-state index contributed by atoms with van der Waals surface area (Å²) in [5, 5.41) is 13.1. The van der Waals surface area contributed by atoms with Gasteiger partial charge in [0, 0.05) is 21.8 Å². The SMILES string of the molecule is Cc1ccc(C(C)NC2CCC(O)CC2)s1. The molecule has 2 nitrogen and oxygen atoms in total. The van der Waals surface area contributed by atoms with Gasteiger partial charge in [0.2, 0.25) is 0 Å². The van der Waals surface area contributed by atoms with Crippen LogP contribution in [0.1, 0.15) is 48.4 Å². The van der Waals surface area contributed by atoms with Gasteiger partial charge in [0.25, 0.3) is 0 Å². The van der Waals surface area contributed by atoms with Gasteiger partial charge >= 0.3 is 0 Å². The van der Waals surface area contributed by atoms with E-state index in [1.165, 1.54) is 9.75 Å². The average Bonchev–Trinajstić information content (AvgIpc) is 2.68. The van der Waals surface area contributed by atoms with Crippen LogP contribution in [0.5, 0.6) is 0 Å². The molecule has 1 aromatic heterocycles. The van der Waals surface area contributed by atoms with Crippen LogP contribution in [-0.4, -0.2) is 17.3 Å². The Kier molecular flexibility index (Phi) is 4.00. The van der Waals surface area contributed by atoms with Crippen LogP contribution >= 0.6 is 11.3 Å². The molecule has 1 unspecified atom stereocenters. The number of rotatable bonds is 3. The fourth-order valence-electron chi connectivity index (χ4n) is 2.36. The van der Waals surface area contributed by atoms with Crippen molar-refractivity contribution in [2.24, 2.45) is 0 Å². The summed E-state index contributed by atoms with van der Waals surface area (Å²) in [5.41, 5.74) is 0. The lowest BCUT2D eigenvalue weighted by Crippen LogP contribution is -2.35. The van der Waals surface area contributed by atoms with Gasteiger partial charge in [0.15, 0.2) is 0 Å². The van der Waals surface area contributed by atoms with Crippen LogP contribution in [0.15, 0.2) is 12.1 Å². The second-order valence-corrected chi connectivity index (χ2v) is 6.16. The summed E-state index contributed by atoms with van der Waals surface area (Å²) in [6, 6.07) is 5.43. The average molecular weight is 239 g/mol. The van der Waals surface area contributed by atoms with Crippen molar-refractivity contribution < 1.29 is 5.11 Å². The van der Waals surface area contributed by atoms with Crippen molar-refractivity contribution in [3.05, 3.63) is 21.9 Å². The molecule has 0 aliphatic heterocycles. The zero-order valence-electron chi connectivity index (χ0n) is 10.1. The molecular formula is C13H21NOS. The first-order valence-corrected chi connectivity index (χ1v) is 6.97. The van der Waals surface area contributed by atoms with E-state index in [0.29, 0.717) is 12.1 Å². The minimum absolute atomic E-state index is 0.0580. The molecule has 1 atom stereocenters. The molecule has 2 rings (SSSR count). The normalized spacial score (nSPS) is 27.9. The summed E-state index contributed by atoms with van der Waals surface area (Å²) in [4.78, 5) is 2.80. The van der Waals surface area contributed by atoms with Crippen molar-refractivity contribution in [1.29, 1.82) is 0 Å². The van der Waals surface area contributed by atoms with Crippen LogP contribution in [0.25, 0.3) is 0 Å². The minimum Gasteiger partial charge on any atom is -0.393 e. The topological polar surface area (TPSA) is 32.3 Å². The van der Waals surface area contributed by atoms with E-state index in [9.17, 15) is 5.11 Å². The molecule has 1 fully saturated rings. The zero-order chi connectivity index (χ0) is 11.5. The summed E-state index contributed by atoms with van der Waals surface area (Å²) < 4.78 is 0. The molecular weight excluding hydrogens is 218 g/mol. The van der Waals surface area contributed by atoms with Gasteiger partial charge in [-0.2, -0.15) is 0 Å². The van der Waals surface area contributed by atoms with Crippen LogP contribution < -0.4 is 5.32 Å². The van der Waals surface area contributed by atoms with Gasteiger partial charge in [0.1, 0.15) is 0 Å². The lowest BCUT2D eigenvalue weighted by Gasteiger charge is -2.28. The molecule has 0 saturated heterocycles. The molecule has 3 heteroatoms. The molecule has 16 heavy (non-hydrogen) atoms. The number of aliphatic hydroxyl groups excluding tert-OH is 1. The van der Waals surface area contributed by atoms with E-state index in [0.717, 1.165) is 25.7 Å². The van der Waals surface area contributed by atoms with E-state index in [1.54, 1.807) is 0 Å². The third kappa shape index (κ3) is 3.06. The standard InChI is InChI=1S/C13H21NOS/c1-9-3-8-13(16-9)10(2)14-11-4-6-12(15)7-5-11/h3,8,10-12,14-15H,4-7H2,1-2H3. The molecule has 0 aromatic carbocycles. The Hall–Kier alpha value is -0.380. The molecule has 0 spiro atoms. The number of thiophene rings is 1. The van der Waals surface area contributed by atoms with Gasteiger partial charge < -0.3 is 10.4 Å². The van der Waals surface area contributed by atoms with Crippen LogP contribution in [0.3, 0.4) is 0 Å². The second-order valence-electron chi connectivity index (χ2n) is 4.84. The fourth-order valence-corrected chi connectivity index (χ4v) is 3.25. The molecule has 1 aliphatic carbocycles. The quantitative estimate of drug-likeness (QED) is 0.850. The van der Waals surface area contributed by atoms with Crippen molar-refractivity contribution in [1.82, 2.24) is 5.32 Å². The van der Waals surface area contributed by atoms with Crippen molar-refractivity contribution in [2.75, 3.05) is 0 Å². The lowest BCUT2D eigenvalue weighted by molar-refractivity contribution is 0.114. The van der Waals surface area contributed by atoms with Gasteiger partial charge in [0.05, 0.1) is 6.10 Å². The van der Waals surface area contributed by atoms with Crippen LogP contribution in [-0.2, 0) is 0 Å². The van der Waals surface area contributed by atoms with Crippen LogP contribution in [0, 0.1) is 6.92 Å². The van der Waals surface area contributed by atoms with Gasteiger partial charge in [-0.15, -0.1) is 11.3 Å². The fraction of sp³-hybridized carbons (Fsp3) is 0.692. The molecule has 90 valence electrons. The number of hydrogen-bond donors (Lipinski definition) is 2. The Balaban J connectivity index is 1.85. The number of aryl methyl sites for hydroxylation is 1. The van der Waals surface area contributed by atoms with E-state index in [2.05, 4.69) is 31.3 Å². The third-order valence-corrected chi connectivity index (χ3v) is 4.55. The molecule has 0 radical (unpaired) electrons. The van der Waals surface area contributed by atoms with E-state index < -0.39 is 0 Å². The van der Waals surface area contributed by atoms with E-state index in [4.69, 9.17) is 0 Å². The summed E-state index contributed by atoms with van der Waals surface area (Å²) in [7, 11) is 0. The molecule has 2 N–H and O–H groups in total. The number of aliphatic hydroxyl groups is 1. The molecule has 1 aromatic rings. The lowest BCUT2D eigenvalue weighted by atomic mass is 9.92. The Morgan fingerprint density at radius 1 is 1.31 bits per heavy atom. The van der Waals surface area contributed by atoms with Crippen LogP contribution in [0.2, 0.25) is 0 Å². The third-order valence-electron chi connectivity index (χ3n) is 3.37. The van der Waals surface area contributed by atoms with Crippen molar-refractivity contribution >= 4 is 11.3 Å². The zero-order valence-corrected chi connectivity index (χ0v) is 10.9. The summed E-state index contributed by atoms with van der Waals surface area (Å²) >= 11 is 1.87. The Morgan fingerprint density at radius 3 is 2.56 bits per heavy atom. The predicted molar refractivity (Wildman–Crippen MR) is 68.9 cm³/mol. The molecule has 0 bridgehead atoms. The van der Waals surface area contributed by atoms with Gasteiger partial charge in [-0.3, -0.25) is 0 Å². The van der Waals surface area contributed by atoms with Crippen molar-refractivity contribution in [3.8, 4) is 0 Å². The smallest absolute Gasteiger partial charge is 0.0541 e. The van der Waals surface area contributed by atoms with Gasteiger partial charge in [-0.1, -0.05) is 0 Å². The van der Waals surface area contributed by atoms with E-state index in [-0.39, 0.29) is 6.10 Å². The monoisotopic (exact) mass is 239 g/mol. The maximum atomic E-state index is 9.46. The number of nitrogens with one attached hydrogen (secondary N) is 1. The Bertz CT molecular complexity index is 328. The first-order chi connectivity index (χ1) is 7.65. The molecule has 1 aliphatic rings.